The van der Waals surface area contributed by atoms with E-state index < -0.39 is 0 Å². The van der Waals surface area contributed by atoms with Crippen molar-refractivity contribution in [1.29, 1.82) is 0 Å². The molecule has 10 rings (SSSR count). The Morgan fingerprint density at radius 3 is 1.40 bits per heavy atom. The van der Waals surface area contributed by atoms with Gasteiger partial charge in [0.25, 0.3) is 12.7 Å². The maximum absolute atomic E-state index is 13.2. The first-order valence-electron chi connectivity index (χ1n) is 17.3. The van der Waals surface area contributed by atoms with Crippen LogP contribution in [0, 0.1) is 48.1 Å². The number of para-hydroxylation sites is 4. The van der Waals surface area contributed by atoms with Gasteiger partial charge in [0.05, 0.1) is 45.0 Å². The van der Waals surface area contributed by atoms with E-state index in [9.17, 15) is 17.6 Å². The fraction of sp³-hybridized carbons (Fsp3) is 0. The molecule has 0 unspecified atom stereocenters. The van der Waals surface area contributed by atoms with E-state index in [1.807, 2.05) is 69.8 Å². The van der Waals surface area contributed by atoms with Gasteiger partial charge in [0.1, 0.15) is 11.6 Å². The number of benzene rings is 6. The van der Waals surface area contributed by atoms with Gasteiger partial charge in [-0.25, -0.2) is 8.78 Å². The van der Waals surface area contributed by atoms with Crippen molar-refractivity contribution >= 4 is 22.1 Å². The van der Waals surface area contributed by atoms with Crippen molar-refractivity contribution in [3.05, 3.63) is 206 Å². The van der Waals surface area contributed by atoms with E-state index >= 15 is 0 Å². The van der Waals surface area contributed by atoms with Gasteiger partial charge in [0.2, 0.25) is 0 Å². The molecule has 0 fully saturated rings. The Balaban J connectivity index is 0.000000139. The van der Waals surface area contributed by atoms with Gasteiger partial charge in [-0.05, 0) is 72.0 Å². The van der Waals surface area contributed by atoms with Crippen LogP contribution in [0.4, 0.5) is 17.6 Å². The Hall–Kier alpha value is -7.15. The molecule has 287 valence electrons. The van der Waals surface area contributed by atoms with E-state index in [1.165, 1.54) is 48.5 Å². The molecule has 0 N–H and O–H groups in total. The molecule has 0 aliphatic carbocycles. The van der Waals surface area contributed by atoms with Crippen LogP contribution in [-0.4, -0.2) is 29.6 Å². The second-order valence-corrected chi connectivity index (χ2v) is 12.2. The van der Waals surface area contributed by atoms with Crippen molar-refractivity contribution in [2.24, 2.45) is 0 Å². The summed E-state index contributed by atoms with van der Waals surface area (Å²) in [6, 6.07) is 47.8. The first kappa shape index (κ1) is 39.1. The third-order valence-corrected chi connectivity index (χ3v) is 8.51. The minimum absolute atomic E-state index is 0. The smallest absolute Gasteiger partial charge is 0.268 e. The molecule has 14 heteroatoms. The van der Waals surface area contributed by atoms with Crippen LogP contribution in [0.5, 0.6) is 0 Å². The molecule has 1 radical (unpaired) electrons. The molecule has 6 aromatic carbocycles. The summed E-state index contributed by atoms with van der Waals surface area (Å²) in [5.41, 5.74) is 7.28. The minimum atomic E-state index is -0.336. The van der Waals surface area contributed by atoms with Crippen molar-refractivity contribution < 1.29 is 46.8 Å². The van der Waals surface area contributed by atoms with Crippen LogP contribution in [0.25, 0.3) is 56.3 Å². The summed E-state index contributed by atoms with van der Waals surface area (Å²) in [6.07, 6.45) is 8.11. The number of hydrogen-bond acceptors (Lipinski definition) is 4. The van der Waals surface area contributed by atoms with E-state index in [-0.39, 0.29) is 43.4 Å². The molecule has 9 nitrogen and oxygen atoms in total. The molecule has 0 saturated carbocycles. The molecule has 58 heavy (non-hydrogen) atoms. The molecular formula is C44H26F4IrN9-3. The van der Waals surface area contributed by atoms with Crippen LogP contribution >= 0.6 is 0 Å². The number of rotatable bonds is 5. The number of tetrazole rings is 1. The maximum atomic E-state index is 13.2. The Morgan fingerprint density at radius 1 is 0.517 bits per heavy atom. The van der Waals surface area contributed by atoms with Gasteiger partial charge in [-0.1, -0.05) is 54.6 Å². The van der Waals surface area contributed by atoms with Crippen molar-refractivity contribution in [3.63, 3.8) is 0 Å². The van der Waals surface area contributed by atoms with Crippen LogP contribution in [-0.2, 0) is 20.1 Å². The average Bonchev–Trinajstić information content (AvgIpc) is 4.02. The second kappa shape index (κ2) is 17.8. The summed E-state index contributed by atoms with van der Waals surface area (Å²) in [5, 5.41) is 14.0. The van der Waals surface area contributed by atoms with Crippen LogP contribution in [0.3, 0.4) is 0 Å². The van der Waals surface area contributed by atoms with E-state index in [2.05, 4.69) is 50.4 Å². The van der Waals surface area contributed by atoms with Crippen LogP contribution < -0.4 is 14.2 Å². The summed E-state index contributed by atoms with van der Waals surface area (Å²) in [6.45, 7) is 0. The fourth-order valence-electron chi connectivity index (χ4n) is 5.86. The first-order chi connectivity index (χ1) is 27.9. The molecule has 0 saturated heterocycles. The molecule has 0 bridgehead atoms. The third-order valence-electron chi connectivity index (χ3n) is 8.51. The van der Waals surface area contributed by atoms with E-state index in [0.717, 1.165) is 33.4 Å². The predicted octanol–water partition coefficient (Wildman–Crippen LogP) is 7.46. The summed E-state index contributed by atoms with van der Waals surface area (Å²) < 4.78 is 59.9. The number of halogens is 4. The quantitative estimate of drug-likeness (QED) is 0.102. The molecule has 4 heterocycles. The molecule has 4 aromatic heterocycles. The van der Waals surface area contributed by atoms with Gasteiger partial charge in [-0.3, -0.25) is 33.2 Å². The Kier molecular flexibility index (Phi) is 12.0. The van der Waals surface area contributed by atoms with Gasteiger partial charge in [0.15, 0.2) is 0 Å². The van der Waals surface area contributed by atoms with Crippen molar-refractivity contribution in [1.82, 2.24) is 34.7 Å². The van der Waals surface area contributed by atoms with Crippen molar-refractivity contribution in [2.45, 2.75) is 0 Å². The molecule has 0 aliphatic heterocycles. The zero-order chi connectivity index (χ0) is 39.1. The number of pyridine rings is 1. The molecule has 0 spiro atoms. The minimum Gasteiger partial charge on any atom is -0.329 e. The molecular weight excluding hydrogens is 923 g/mol. The van der Waals surface area contributed by atoms with Crippen LogP contribution in [0.2, 0.25) is 0 Å². The van der Waals surface area contributed by atoms with Crippen LogP contribution in [0.1, 0.15) is 0 Å². The van der Waals surface area contributed by atoms with E-state index in [1.54, 1.807) is 57.8 Å². The number of nitrogens with zero attached hydrogens (tertiary/aromatic N) is 9. The molecule has 0 amide bonds. The zero-order valence-corrected chi connectivity index (χ0v) is 32.3. The topological polar surface area (TPSA) is 83.3 Å². The zero-order valence-electron chi connectivity index (χ0n) is 29.9. The van der Waals surface area contributed by atoms with E-state index in [0.29, 0.717) is 22.9 Å². The van der Waals surface area contributed by atoms with E-state index in [4.69, 9.17) is 0 Å². The Morgan fingerprint density at radius 2 is 0.983 bits per heavy atom. The molecule has 0 atom stereocenters. The predicted molar refractivity (Wildman–Crippen MR) is 201 cm³/mol. The van der Waals surface area contributed by atoms with Gasteiger partial charge in [-0.15, -0.1) is 24.3 Å². The van der Waals surface area contributed by atoms with Crippen molar-refractivity contribution in [3.8, 4) is 34.3 Å². The van der Waals surface area contributed by atoms with Gasteiger partial charge < -0.3 is 14.2 Å². The van der Waals surface area contributed by atoms with Gasteiger partial charge >= 0.3 is 0 Å². The van der Waals surface area contributed by atoms with Crippen molar-refractivity contribution in [2.75, 3.05) is 0 Å². The van der Waals surface area contributed by atoms with Crippen LogP contribution in [0.15, 0.2) is 158 Å². The number of aromatic nitrogens is 9. The Labute approximate surface area is 342 Å². The van der Waals surface area contributed by atoms with Gasteiger partial charge in [0, 0.05) is 37.9 Å². The summed E-state index contributed by atoms with van der Waals surface area (Å²) >= 11 is 0. The summed E-state index contributed by atoms with van der Waals surface area (Å²) in [7, 11) is 0. The molecule has 0 aliphatic rings. The summed E-state index contributed by atoms with van der Waals surface area (Å²) in [5.74, 6) is -0.784. The monoisotopic (exact) mass is 949 g/mol. The third kappa shape index (κ3) is 8.63. The standard InChI is InChI=1S/2C19H11F2N2.C6H4N5.Ir/c2*20-14-5-9-16(10-6-14)22-13-23(17-11-7-15(21)8-12-17)19-4-2-1-3-18(19)22;1-2-4-7-5(3-1)6-8-10-11-9-6;/h2*1-11H;1-4H;/q3*-1;. The fourth-order valence-corrected chi connectivity index (χ4v) is 5.86. The average molecular weight is 949 g/mol. The number of imidazole rings is 2. The number of fused-ring (bicyclic) bond motifs is 2. The molecule has 10 aromatic rings. The first-order valence-corrected chi connectivity index (χ1v) is 17.3. The van der Waals surface area contributed by atoms with Gasteiger partial charge in [-0.2, -0.15) is 29.5 Å². The number of hydrogen-bond donors (Lipinski definition) is 0. The largest absolute Gasteiger partial charge is 0.329 e. The SMILES string of the molecule is Fc1c[c-]c(-n2[c-][n+](-c3ccc(F)cc3)c3ccccc32)cc1.Fc1c[c-]c(-n2[c-][n+](-c3ccc(F)cc3)c3ccccc32)cc1.[Ir].c1ccc(-c2nnn[n-]2)nc1. The maximum Gasteiger partial charge on any atom is 0.268 e. The second-order valence-electron chi connectivity index (χ2n) is 12.2. The normalized spacial score (nSPS) is 10.6. The Bertz CT molecular complexity index is 2540. The summed E-state index contributed by atoms with van der Waals surface area (Å²) in [4.78, 5) is 4.02.